The molecular weight excluding hydrogens is 280 g/mol. The molecule has 0 spiro atoms. The Morgan fingerprint density at radius 3 is 2.25 bits per heavy atom. The van der Waals surface area contributed by atoms with Gasteiger partial charge in [-0.1, -0.05) is 11.3 Å². The molecule has 0 bridgehead atoms. The Balaban J connectivity index is 2.61. The van der Waals surface area contributed by atoms with Gasteiger partial charge in [-0.05, 0) is 13.8 Å². The van der Waals surface area contributed by atoms with Crippen molar-refractivity contribution in [1.82, 2.24) is 15.1 Å². The first-order valence-corrected chi connectivity index (χ1v) is 7.50. The van der Waals surface area contributed by atoms with Crippen molar-refractivity contribution in [2.75, 3.05) is 51.9 Å². The summed E-state index contributed by atoms with van der Waals surface area (Å²) in [6, 6.07) is 0. The van der Waals surface area contributed by atoms with Crippen LogP contribution >= 0.6 is 11.3 Å². The largest absolute Gasteiger partial charge is 0.380 e. The van der Waals surface area contributed by atoms with E-state index in [4.69, 9.17) is 9.47 Å². The van der Waals surface area contributed by atoms with Crippen LogP contribution in [-0.4, -0.2) is 67.6 Å². The molecule has 0 fully saturated rings. The summed E-state index contributed by atoms with van der Waals surface area (Å²) >= 11 is 1.24. The minimum atomic E-state index is -0.136. The van der Waals surface area contributed by atoms with Gasteiger partial charge in [-0.15, -0.1) is 10.2 Å². The Morgan fingerprint density at radius 1 is 1.20 bits per heavy atom. The first-order valence-electron chi connectivity index (χ1n) is 6.68. The van der Waals surface area contributed by atoms with Gasteiger partial charge in [0.2, 0.25) is 10.1 Å². The van der Waals surface area contributed by atoms with Crippen LogP contribution in [0.25, 0.3) is 0 Å². The molecule has 0 aromatic carbocycles. The molecule has 0 atom stereocenters. The molecule has 8 heteroatoms. The highest BCUT2D eigenvalue weighted by Crippen LogP contribution is 2.16. The fourth-order valence-corrected chi connectivity index (χ4v) is 2.16. The van der Waals surface area contributed by atoms with E-state index in [1.807, 2.05) is 13.8 Å². The van der Waals surface area contributed by atoms with Gasteiger partial charge in [-0.3, -0.25) is 4.79 Å². The number of rotatable bonds is 10. The van der Waals surface area contributed by atoms with Gasteiger partial charge < -0.3 is 19.7 Å². The fourth-order valence-electron chi connectivity index (χ4n) is 1.50. The van der Waals surface area contributed by atoms with Crippen LogP contribution in [0.15, 0.2) is 0 Å². The molecule has 114 valence electrons. The normalized spacial score (nSPS) is 10.6. The number of carbonyl (C=O) groups excluding carboxylic acids is 1. The maximum atomic E-state index is 12.4. The van der Waals surface area contributed by atoms with Crippen molar-refractivity contribution in [3.8, 4) is 0 Å². The minimum absolute atomic E-state index is 0.136. The van der Waals surface area contributed by atoms with E-state index in [1.165, 1.54) is 11.3 Å². The summed E-state index contributed by atoms with van der Waals surface area (Å²) in [5.41, 5.74) is 0. The predicted octanol–water partition coefficient (Wildman–Crippen LogP) is 1.09. The molecule has 0 saturated heterocycles. The number of aromatic nitrogens is 2. The monoisotopic (exact) mass is 302 g/mol. The van der Waals surface area contributed by atoms with Gasteiger partial charge in [0.05, 0.1) is 13.2 Å². The van der Waals surface area contributed by atoms with Crippen LogP contribution in [0.3, 0.4) is 0 Å². The second-order valence-electron chi connectivity index (χ2n) is 3.85. The summed E-state index contributed by atoms with van der Waals surface area (Å²) in [6.07, 6.45) is 0. The molecule has 20 heavy (non-hydrogen) atoms. The van der Waals surface area contributed by atoms with Gasteiger partial charge in [0.15, 0.2) is 0 Å². The number of carbonyl (C=O) groups is 1. The summed E-state index contributed by atoms with van der Waals surface area (Å²) in [5, 5.41) is 11.7. The molecule has 1 heterocycles. The van der Waals surface area contributed by atoms with Crippen molar-refractivity contribution >= 4 is 22.4 Å². The molecule has 0 aliphatic heterocycles. The molecule has 1 amide bonds. The Labute approximate surface area is 123 Å². The summed E-state index contributed by atoms with van der Waals surface area (Å²) in [6.45, 7) is 7.18. The van der Waals surface area contributed by atoms with Crippen LogP contribution in [0.1, 0.15) is 23.6 Å². The van der Waals surface area contributed by atoms with Crippen LogP contribution in [0, 0.1) is 0 Å². The van der Waals surface area contributed by atoms with Gasteiger partial charge in [0.1, 0.15) is 0 Å². The van der Waals surface area contributed by atoms with Crippen LogP contribution in [-0.2, 0) is 9.47 Å². The van der Waals surface area contributed by atoms with E-state index in [9.17, 15) is 4.79 Å². The number of anilines is 1. The van der Waals surface area contributed by atoms with Crippen LogP contribution in [0.4, 0.5) is 5.13 Å². The van der Waals surface area contributed by atoms with Gasteiger partial charge in [0, 0.05) is 33.4 Å². The first-order chi connectivity index (χ1) is 9.72. The molecule has 0 radical (unpaired) electrons. The molecular formula is C12H22N4O3S. The number of amides is 1. The summed E-state index contributed by atoms with van der Waals surface area (Å²) in [4.78, 5) is 14.0. The molecule has 1 aromatic heterocycles. The molecule has 0 aliphatic carbocycles. The Morgan fingerprint density at radius 2 is 1.80 bits per heavy atom. The molecule has 7 nitrogen and oxygen atoms in total. The highest BCUT2D eigenvalue weighted by atomic mass is 32.1. The van der Waals surface area contributed by atoms with Crippen LogP contribution in [0.5, 0.6) is 0 Å². The quantitative estimate of drug-likeness (QED) is 0.652. The molecule has 0 aliphatic rings. The lowest BCUT2D eigenvalue weighted by Gasteiger charge is -2.21. The van der Waals surface area contributed by atoms with Crippen LogP contribution in [0.2, 0.25) is 0 Å². The number of nitrogens with one attached hydrogen (secondary N) is 1. The smallest absolute Gasteiger partial charge is 0.285 e. The van der Waals surface area contributed by atoms with Crippen LogP contribution < -0.4 is 5.32 Å². The average molecular weight is 302 g/mol. The molecule has 0 saturated carbocycles. The first kappa shape index (κ1) is 16.8. The summed E-state index contributed by atoms with van der Waals surface area (Å²) < 4.78 is 10.6. The maximum Gasteiger partial charge on any atom is 0.285 e. The molecule has 0 unspecified atom stereocenters. The minimum Gasteiger partial charge on any atom is -0.380 e. The van der Waals surface area contributed by atoms with Gasteiger partial charge in [0.25, 0.3) is 5.91 Å². The fraction of sp³-hybridized carbons (Fsp3) is 0.750. The number of ether oxygens (including phenoxy) is 2. The van der Waals surface area contributed by atoms with Crippen molar-refractivity contribution in [2.45, 2.75) is 13.8 Å². The zero-order valence-corrected chi connectivity index (χ0v) is 13.0. The second-order valence-corrected chi connectivity index (χ2v) is 4.83. The Kier molecular flexibility index (Phi) is 8.08. The lowest BCUT2D eigenvalue weighted by molar-refractivity contribution is 0.0549. The van der Waals surface area contributed by atoms with E-state index in [2.05, 4.69) is 15.5 Å². The SMILES string of the molecule is CCOCCN(CCOCC)C(=O)c1nnc(NC)s1. The predicted molar refractivity (Wildman–Crippen MR) is 78.3 cm³/mol. The van der Waals surface area contributed by atoms with Gasteiger partial charge in [-0.25, -0.2) is 0 Å². The Bertz CT molecular complexity index is 390. The van der Waals surface area contributed by atoms with E-state index in [0.29, 0.717) is 49.7 Å². The van der Waals surface area contributed by atoms with E-state index in [-0.39, 0.29) is 5.91 Å². The topological polar surface area (TPSA) is 76.6 Å². The van der Waals surface area contributed by atoms with E-state index in [0.717, 1.165) is 0 Å². The highest BCUT2D eigenvalue weighted by Gasteiger charge is 2.19. The number of hydrogen-bond donors (Lipinski definition) is 1. The maximum absolute atomic E-state index is 12.4. The van der Waals surface area contributed by atoms with E-state index in [1.54, 1.807) is 11.9 Å². The zero-order chi connectivity index (χ0) is 14.8. The zero-order valence-electron chi connectivity index (χ0n) is 12.2. The standard InChI is InChI=1S/C12H22N4O3S/c1-4-18-8-6-16(7-9-19-5-2)11(17)10-14-15-12(13-3)20-10/h4-9H2,1-3H3,(H,13,15). The Hall–Kier alpha value is -1.25. The molecule has 1 aromatic rings. The summed E-state index contributed by atoms with van der Waals surface area (Å²) in [7, 11) is 1.75. The van der Waals surface area contributed by atoms with E-state index >= 15 is 0 Å². The summed E-state index contributed by atoms with van der Waals surface area (Å²) in [5.74, 6) is -0.136. The number of hydrogen-bond acceptors (Lipinski definition) is 7. The molecule has 1 rings (SSSR count). The third kappa shape index (κ3) is 5.40. The second kappa shape index (κ2) is 9.62. The average Bonchev–Trinajstić information content (AvgIpc) is 2.94. The lowest BCUT2D eigenvalue weighted by Crippen LogP contribution is -2.36. The third-order valence-electron chi connectivity index (χ3n) is 2.53. The molecule has 1 N–H and O–H groups in total. The number of nitrogens with zero attached hydrogens (tertiary/aromatic N) is 3. The highest BCUT2D eigenvalue weighted by molar-refractivity contribution is 7.17. The van der Waals surface area contributed by atoms with Crippen molar-refractivity contribution in [3.63, 3.8) is 0 Å². The van der Waals surface area contributed by atoms with Gasteiger partial charge in [-0.2, -0.15) is 0 Å². The van der Waals surface area contributed by atoms with E-state index < -0.39 is 0 Å². The van der Waals surface area contributed by atoms with Crippen molar-refractivity contribution in [2.24, 2.45) is 0 Å². The van der Waals surface area contributed by atoms with Gasteiger partial charge >= 0.3 is 0 Å². The lowest BCUT2D eigenvalue weighted by atomic mass is 10.4. The third-order valence-corrected chi connectivity index (χ3v) is 3.46. The van der Waals surface area contributed by atoms with Crippen molar-refractivity contribution < 1.29 is 14.3 Å². The van der Waals surface area contributed by atoms with Crippen molar-refractivity contribution in [3.05, 3.63) is 5.01 Å². The van der Waals surface area contributed by atoms with Crippen molar-refractivity contribution in [1.29, 1.82) is 0 Å².